The molecule has 2 aromatic rings. The maximum absolute atomic E-state index is 2.27. The Kier molecular flexibility index (Phi) is 48.7. The fourth-order valence-electron chi connectivity index (χ4n) is 1.16. The maximum atomic E-state index is 2.27. The van der Waals surface area contributed by atoms with Gasteiger partial charge in [0.15, 0.2) is 4.70 Å². The van der Waals surface area contributed by atoms with Crippen LogP contribution in [0.25, 0.3) is 10.1 Å². The molecule has 0 spiro atoms. The van der Waals surface area contributed by atoms with Crippen molar-refractivity contribution in [2.24, 2.45) is 6.26 Å². The molecule has 1 atom stereocenters. The van der Waals surface area contributed by atoms with Gasteiger partial charge in [-0.15, -0.1) is 0 Å². The molecule has 1 aromatic carbocycles. The van der Waals surface area contributed by atoms with E-state index in [1.807, 2.05) is 41.5 Å². The van der Waals surface area contributed by atoms with E-state index in [0.29, 0.717) is 10.5 Å². The number of hydrogen-bond acceptors (Lipinski definition) is 0. The van der Waals surface area contributed by atoms with Crippen LogP contribution in [0.2, 0.25) is 0 Å². The monoisotopic (exact) mass is 302 g/mol. The number of hydrogen-bond donors (Lipinski definition) is 0. The Morgan fingerprint density at radius 3 is 1.50 bits per heavy atom. The van der Waals surface area contributed by atoms with Crippen LogP contribution in [0.15, 0.2) is 35.7 Å². The van der Waals surface area contributed by atoms with Crippen LogP contribution in [0.4, 0.5) is 0 Å². The van der Waals surface area contributed by atoms with Crippen LogP contribution >= 0.6 is 10.5 Å². The Hall–Kier alpha value is -0.820. The molecule has 1 aromatic heterocycles. The first kappa shape index (κ1) is 36.5. The molecule has 0 bridgehead atoms. The first-order valence-corrected chi connectivity index (χ1v) is 7.99. The van der Waals surface area contributed by atoms with Crippen LogP contribution in [0.3, 0.4) is 0 Å². The fraction of sp³-hybridized carbons (Fsp3) is 0.526. The van der Waals surface area contributed by atoms with Crippen molar-refractivity contribution in [3.05, 3.63) is 43.1 Å². The fourth-order valence-corrected chi connectivity index (χ4v) is 2.46. The first-order valence-electron chi connectivity index (χ1n) is 6.30. The summed E-state index contributed by atoms with van der Waals surface area (Å²) < 4.78 is 1.49. The molecule has 0 amide bonds. The van der Waals surface area contributed by atoms with E-state index in [1.165, 1.54) is 10.1 Å². The molecule has 20 heavy (non-hydrogen) atoms. The number of rotatable bonds is 0. The molecule has 0 saturated heterocycles. The van der Waals surface area contributed by atoms with Gasteiger partial charge >= 0.3 is 0 Å². The summed E-state index contributed by atoms with van der Waals surface area (Å²) >= 11 is 0. The minimum atomic E-state index is 0. The van der Waals surface area contributed by atoms with Crippen molar-refractivity contribution in [1.82, 2.24) is 0 Å². The van der Waals surface area contributed by atoms with E-state index in [9.17, 15) is 0 Å². The van der Waals surface area contributed by atoms with Crippen molar-refractivity contribution in [3.63, 3.8) is 0 Å². The third-order valence-electron chi connectivity index (χ3n) is 1.72. The second kappa shape index (κ2) is 26.7. The van der Waals surface area contributed by atoms with Gasteiger partial charge in [0.1, 0.15) is 11.6 Å². The predicted octanol–water partition coefficient (Wildman–Crippen LogP) is 8.56. The molecule has 1 unspecified atom stereocenters. The lowest BCUT2D eigenvalue weighted by Crippen LogP contribution is -1.58. The second-order valence-corrected chi connectivity index (χ2v) is 4.23. The van der Waals surface area contributed by atoms with Gasteiger partial charge in [-0.25, -0.2) is 0 Å². The van der Waals surface area contributed by atoms with Gasteiger partial charge in [-0.2, -0.15) is 0 Å². The molecule has 0 aliphatic heterocycles. The van der Waals surface area contributed by atoms with Gasteiger partial charge in [0.05, 0.1) is 0 Å². The molecule has 1 heteroatoms. The molecule has 0 N–H and O–H groups in total. The van der Waals surface area contributed by atoms with E-state index < -0.39 is 0 Å². The van der Waals surface area contributed by atoms with Crippen LogP contribution in [0.5, 0.6) is 0 Å². The van der Waals surface area contributed by atoms with Crippen molar-refractivity contribution in [3.8, 4) is 0 Å². The summed E-state index contributed by atoms with van der Waals surface area (Å²) in [5.74, 6) is 0. The lowest BCUT2D eigenvalue weighted by Gasteiger charge is -1.80. The van der Waals surface area contributed by atoms with Crippen molar-refractivity contribution < 1.29 is 0 Å². The molecule has 1 heterocycles. The number of benzene rings is 1. The Morgan fingerprint density at radius 2 is 1.10 bits per heavy atom. The van der Waals surface area contributed by atoms with Gasteiger partial charge in [0, 0.05) is 11.5 Å². The Labute approximate surface area is 134 Å². The van der Waals surface area contributed by atoms with Gasteiger partial charge in [0.25, 0.3) is 0 Å². The Bertz CT molecular complexity index is 347. The molecule has 0 radical (unpaired) electrons. The molecule has 2 rings (SSSR count). The van der Waals surface area contributed by atoms with Crippen LogP contribution in [-0.2, 0) is 6.26 Å². The maximum Gasteiger partial charge on any atom is 0.180 e. The summed E-state index contributed by atoms with van der Waals surface area (Å²) in [6.45, 7) is 12.0. The highest BCUT2D eigenvalue weighted by Gasteiger charge is 2.03. The molecular weight excluding hydrogens is 260 g/mol. The van der Waals surface area contributed by atoms with Crippen LogP contribution < -0.4 is 0 Å². The average Bonchev–Trinajstić information content (AvgIpc) is 2.79. The van der Waals surface area contributed by atoms with Gasteiger partial charge in [-0.1, -0.05) is 76.0 Å². The van der Waals surface area contributed by atoms with Crippen LogP contribution in [0, 0.1) is 7.43 Å². The van der Waals surface area contributed by atoms with E-state index in [1.54, 1.807) is 0 Å². The molecule has 0 saturated carbocycles. The van der Waals surface area contributed by atoms with Crippen LogP contribution in [0.1, 0.15) is 63.8 Å². The second-order valence-electron chi connectivity index (χ2n) is 2.40. The van der Waals surface area contributed by atoms with E-state index in [0.717, 1.165) is 0 Å². The van der Waals surface area contributed by atoms with Crippen LogP contribution in [-0.4, -0.2) is 0 Å². The summed E-state index contributed by atoms with van der Waals surface area (Å²) in [5, 5.41) is 3.67. The topological polar surface area (TPSA) is 0 Å². The number of thiophene rings is 1. The predicted molar refractivity (Wildman–Crippen MR) is 108 cm³/mol. The number of fused-ring (bicyclic) bond motifs is 1. The minimum absolute atomic E-state index is 0. The summed E-state index contributed by atoms with van der Waals surface area (Å²) in [4.78, 5) is 0. The van der Waals surface area contributed by atoms with Crippen molar-refractivity contribution >= 4 is 20.6 Å². The standard InChI is InChI=1S/C9H9S.3C2H6.3CH4.CH3/c1-10-7-6-8-4-2-3-5-9(8)10;3*1-2;;;;/h2-7H,1H3;3*1-2H3;3*1H4;1H3/q+1;;;;;;;-1. The number of aryl methyl sites for hydroxylation is 1. The summed E-state index contributed by atoms with van der Waals surface area (Å²) in [5.41, 5.74) is 0. The highest BCUT2D eigenvalue weighted by atomic mass is 32.2. The summed E-state index contributed by atoms with van der Waals surface area (Å²) in [6.07, 6.45) is 2.25. The molecule has 124 valence electrons. The van der Waals surface area contributed by atoms with Crippen molar-refractivity contribution in [2.75, 3.05) is 0 Å². The highest BCUT2D eigenvalue weighted by Crippen LogP contribution is 2.27. The summed E-state index contributed by atoms with van der Waals surface area (Å²) in [6, 6.07) is 10.8. The van der Waals surface area contributed by atoms with Gasteiger partial charge in [-0.3, -0.25) is 0 Å². The Morgan fingerprint density at radius 1 is 0.700 bits per heavy atom. The zero-order chi connectivity index (χ0) is 13.0. The molecule has 0 aliphatic carbocycles. The van der Waals surface area contributed by atoms with Gasteiger partial charge < -0.3 is 7.43 Å². The average molecular weight is 303 g/mol. The first-order chi connectivity index (χ1) is 7.88. The highest BCUT2D eigenvalue weighted by molar-refractivity contribution is 7.34. The third kappa shape index (κ3) is 12.2. The normalized spacial score (nSPS) is 7.05. The van der Waals surface area contributed by atoms with Gasteiger partial charge in [0.2, 0.25) is 0 Å². The third-order valence-corrected chi connectivity index (χ3v) is 3.33. The van der Waals surface area contributed by atoms with Crippen molar-refractivity contribution in [1.29, 1.82) is 0 Å². The lowest BCUT2D eigenvalue weighted by molar-refractivity contribution is 1.50. The smallest absolute Gasteiger partial charge is 0.180 e. The zero-order valence-electron chi connectivity index (χ0n) is 12.9. The summed E-state index contributed by atoms with van der Waals surface area (Å²) in [7, 11) is 0.372. The van der Waals surface area contributed by atoms with E-state index in [2.05, 4.69) is 42.0 Å². The van der Waals surface area contributed by atoms with E-state index in [4.69, 9.17) is 0 Å². The van der Waals surface area contributed by atoms with E-state index >= 15 is 0 Å². The largest absolute Gasteiger partial charge is 0.358 e. The van der Waals surface area contributed by atoms with Crippen molar-refractivity contribution in [2.45, 2.75) is 63.8 Å². The minimum Gasteiger partial charge on any atom is -0.358 e. The zero-order valence-corrected chi connectivity index (χ0v) is 13.7. The molecule has 0 aliphatic rings. The molecule has 0 nitrogen and oxygen atoms in total. The molecule has 0 fully saturated rings. The Balaban J connectivity index is -0.0000000443. The quantitative estimate of drug-likeness (QED) is 0.337. The van der Waals surface area contributed by atoms with E-state index in [-0.39, 0.29) is 29.7 Å². The molecular formula is C19H42S. The lowest BCUT2D eigenvalue weighted by atomic mass is 10.3. The SMILES string of the molecule is C.C.C.CC.CC.CC.C[s+]1ccc2ccccc21.[CH3-]. The van der Waals surface area contributed by atoms with Gasteiger partial charge in [-0.05, 0) is 22.6 Å².